The minimum absolute atomic E-state index is 0.0827. The van der Waals surface area contributed by atoms with Crippen molar-refractivity contribution in [1.29, 1.82) is 0 Å². The van der Waals surface area contributed by atoms with Gasteiger partial charge < -0.3 is 5.11 Å². The molecule has 0 radical (unpaired) electrons. The summed E-state index contributed by atoms with van der Waals surface area (Å²) in [5, 5.41) is 9.13. The number of aryl methyl sites for hydroxylation is 1. The molecule has 4 rings (SSSR count). The third-order valence-corrected chi connectivity index (χ3v) is 5.17. The van der Waals surface area contributed by atoms with E-state index in [1.807, 2.05) is 12.2 Å². The van der Waals surface area contributed by atoms with Crippen LogP contribution in [-0.4, -0.2) is 22.9 Å². The maximum atomic E-state index is 12.7. The van der Waals surface area contributed by atoms with E-state index in [2.05, 4.69) is 0 Å². The number of benzene rings is 1. The zero-order chi connectivity index (χ0) is 15.6. The molecular formula is C17H15NO4. The van der Waals surface area contributed by atoms with Gasteiger partial charge in [-0.25, -0.2) is 9.69 Å². The van der Waals surface area contributed by atoms with E-state index in [1.54, 1.807) is 13.0 Å². The number of amides is 2. The topological polar surface area (TPSA) is 74.7 Å². The maximum absolute atomic E-state index is 12.7. The lowest BCUT2D eigenvalue weighted by molar-refractivity contribution is -0.123. The number of aromatic carboxylic acids is 1. The molecule has 4 atom stereocenters. The average Bonchev–Trinajstić information content (AvgIpc) is 3.14. The molecule has 112 valence electrons. The van der Waals surface area contributed by atoms with Gasteiger partial charge in [0.15, 0.2) is 0 Å². The molecular weight excluding hydrogens is 282 g/mol. The first kappa shape index (κ1) is 13.2. The quantitative estimate of drug-likeness (QED) is 0.669. The minimum Gasteiger partial charge on any atom is -0.478 e. The molecule has 2 fully saturated rings. The highest BCUT2D eigenvalue weighted by Crippen LogP contribution is 2.53. The number of hydrogen-bond donors (Lipinski definition) is 1. The molecule has 1 aliphatic heterocycles. The summed E-state index contributed by atoms with van der Waals surface area (Å²) in [5.74, 6) is -1.66. The van der Waals surface area contributed by atoms with Crippen LogP contribution in [-0.2, 0) is 9.59 Å². The Hall–Kier alpha value is -2.43. The molecule has 1 heterocycles. The van der Waals surface area contributed by atoms with Gasteiger partial charge in [0, 0.05) is 0 Å². The molecule has 1 saturated carbocycles. The number of carbonyl (C=O) groups is 3. The smallest absolute Gasteiger partial charge is 0.335 e. The minimum atomic E-state index is -1.07. The Morgan fingerprint density at radius 2 is 1.73 bits per heavy atom. The summed E-state index contributed by atoms with van der Waals surface area (Å²) in [4.78, 5) is 37.9. The van der Waals surface area contributed by atoms with Crippen molar-refractivity contribution in [2.24, 2.45) is 23.7 Å². The maximum Gasteiger partial charge on any atom is 0.335 e. The lowest BCUT2D eigenvalue weighted by Gasteiger charge is -2.19. The summed E-state index contributed by atoms with van der Waals surface area (Å²) in [7, 11) is 0. The molecule has 22 heavy (non-hydrogen) atoms. The van der Waals surface area contributed by atoms with E-state index in [1.165, 1.54) is 17.0 Å². The summed E-state index contributed by atoms with van der Waals surface area (Å²) >= 11 is 0. The van der Waals surface area contributed by atoms with E-state index in [9.17, 15) is 14.4 Å². The van der Waals surface area contributed by atoms with Crippen molar-refractivity contribution in [1.82, 2.24) is 0 Å². The molecule has 1 aromatic carbocycles. The number of hydrogen-bond acceptors (Lipinski definition) is 3. The fourth-order valence-corrected chi connectivity index (χ4v) is 4.12. The van der Waals surface area contributed by atoms with Gasteiger partial charge in [-0.3, -0.25) is 9.59 Å². The van der Waals surface area contributed by atoms with Crippen molar-refractivity contribution in [3.63, 3.8) is 0 Å². The van der Waals surface area contributed by atoms with Gasteiger partial charge in [-0.1, -0.05) is 18.2 Å². The van der Waals surface area contributed by atoms with Crippen molar-refractivity contribution in [3.8, 4) is 0 Å². The summed E-state index contributed by atoms with van der Waals surface area (Å²) in [6.07, 6.45) is 4.97. The van der Waals surface area contributed by atoms with Crippen LogP contribution in [0.3, 0.4) is 0 Å². The standard InChI is InChI=1S/C17H15NO4/c1-8-2-3-11(17(21)22)7-12(8)18-15(19)13-9-4-5-10(6-9)14(13)16(18)20/h2-5,7,9-10,13-14H,6H2,1H3,(H,21,22)/t9-,10-,13+,14+/m0/s1. The first-order chi connectivity index (χ1) is 10.5. The zero-order valence-electron chi connectivity index (χ0n) is 12.0. The first-order valence-corrected chi connectivity index (χ1v) is 7.39. The van der Waals surface area contributed by atoms with E-state index >= 15 is 0 Å². The number of carboxylic acid groups (broad SMARTS) is 1. The summed E-state index contributed by atoms with van der Waals surface area (Å²) in [6, 6.07) is 4.54. The Morgan fingerprint density at radius 1 is 1.14 bits per heavy atom. The van der Waals surface area contributed by atoms with Gasteiger partial charge in [0.05, 0.1) is 23.1 Å². The van der Waals surface area contributed by atoms with E-state index in [0.717, 1.165) is 12.0 Å². The van der Waals surface area contributed by atoms with Gasteiger partial charge in [-0.2, -0.15) is 0 Å². The van der Waals surface area contributed by atoms with Crippen molar-refractivity contribution < 1.29 is 19.5 Å². The van der Waals surface area contributed by atoms with Crippen LogP contribution in [0.2, 0.25) is 0 Å². The van der Waals surface area contributed by atoms with Crippen LogP contribution in [0.25, 0.3) is 0 Å². The molecule has 2 amide bonds. The molecule has 0 aromatic heterocycles. The van der Waals surface area contributed by atoms with Gasteiger partial charge in [-0.05, 0) is 42.9 Å². The molecule has 3 aliphatic rings. The van der Waals surface area contributed by atoms with Gasteiger partial charge in [0.2, 0.25) is 11.8 Å². The van der Waals surface area contributed by atoms with Gasteiger partial charge in [0.1, 0.15) is 0 Å². The first-order valence-electron chi connectivity index (χ1n) is 7.39. The van der Waals surface area contributed by atoms with Gasteiger partial charge >= 0.3 is 5.97 Å². The van der Waals surface area contributed by atoms with E-state index in [-0.39, 0.29) is 41.0 Å². The molecule has 0 unspecified atom stereocenters. The number of nitrogens with zero attached hydrogens (tertiary/aromatic N) is 1. The Bertz CT molecular complexity index is 721. The number of allylic oxidation sites excluding steroid dienone is 2. The summed E-state index contributed by atoms with van der Waals surface area (Å²) < 4.78 is 0. The molecule has 2 aliphatic carbocycles. The van der Waals surface area contributed by atoms with Crippen LogP contribution in [0.15, 0.2) is 30.4 Å². The lowest BCUT2D eigenvalue weighted by Crippen LogP contribution is -2.33. The van der Waals surface area contributed by atoms with Gasteiger partial charge in [-0.15, -0.1) is 0 Å². The van der Waals surface area contributed by atoms with Crippen molar-refractivity contribution in [2.45, 2.75) is 13.3 Å². The van der Waals surface area contributed by atoms with E-state index < -0.39 is 5.97 Å². The molecule has 1 saturated heterocycles. The molecule has 2 bridgehead atoms. The average molecular weight is 297 g/mol. The van der Waals surface area contributed by atoms with Crippen LogP contribution >= 0.6 is 0 Å². The number of anilines is 1. The van der Waals surface area contributed by atoms with E-state index in [4.69, 9.17) is 5.11 Å². The van der Waals surface area contributed by atoms with Crippen LogP contribution in [0, 0.1) is 30.6 Å². The number of carbonyl (C=O) groups excluding carboxylic acids is 2. The van der Waals surface area contributed by atoms with Crippen molar-refractivity contribution in [2.75, 3.05) is 4.90 Å². The fourth-order valence-electron chi connectivity index (χ4n) is 4.12. The molecule has 0 spiro atoms. The molecule has 1 aromatic rings. The Balaban J connectivity index is 1.79. The fraction of sp³-hybridized carbons (Fsp3) is 0.353. The monoisotopic (exact) mass is 297 g/mol. The number of rotatable bonds is 2. The Morgan fingerprint density at radius 3 is 2.27 bits per heavy atom. The third kappa shape index (κ3) is 1.56. The predicted molar refractivity (Wildman–Crippen MR) is 78.3 cm³/mol. The highest BCUT2D eigenvalue weighted by Gasteiger charge is 2.59. The molecule has 5 nitrogen and oxygen atoms in total. The number of carboxylic acids is 1. The van der Waals surface area contributed by atoms with E-state index in [0.29, 0.717) is 5.69 Å². The van der Waals surface area contributed by atoms with Crippen LogP contribution in [0.1, 0.15) is 22.3 Å². The molecule has 5 heteroatoms. The highest BCUT2D eigenvalue weighted by atomic mass is 16.4. The van der Waals surface area contributed by atoms with Crippen LogP contribution < -0.4 is 4.90 Å². The SMILES string of the molecule is Cc1ccc(C(=O)O)cc1N1C(=O)[C@H]2[C@H](C1=O)[C@H]1C=C[C@H]2C1. The summed E-state index contributed by atoms with van der Waals surface area (Å²) in [6.45, 7) is 1.78. The van der Waals surface area contributed by atoms with Crippen LogP contribution in [0.4, 0.5) is 5.69 Å². The zero-order valence-corrected chi connectivity index (χ0v) is 12.0. The number of fused-ring (bicyclic) bond motifs is 5. The second-order valence-corrected chi connectivity index (χ2v) is 6.32. The Kier molecular flexibility index (Phi) is 2.58. The second kappa shape index (κ2) is 4.29. The van der Waals surface area contributed by atoms with Crippen molar-refractivity contribution in [3.05, 3.63) is 41.5 Å². The second-order valence-electron chi connectivity index (χ2n) is 6.32. The molecule has 1 N–H and O–H groups in total. The van der Waals surface area contributed by atoms with Crippen LogP contribution in [0.5, 0.6) is 0 Å². The largest absolute Gasteiger partial charge is 0.478 e. The third-order valence-electron chi connectivity index (χ3n) is 5.17. The predicted octanol–water partition coefficient (Wildman–Crippen LogP) is 2.00. The lowest BCUT2D eigenvalue weighted by atomic mass is 9.85. The highest BCUT2D eigenvalue weighted by molar-refractivity contribution is 6.23. The Labute approximate surface area is 127 Å². The number of imide groups is 1. The normalized spacial score (nSPS) is 32.0. The summed E-state index contributed by atoms with van der Waals surface area (Å²) in [5.41, 5.74) is 1.22. The van der Waals surface area contributed by atoms with Crippen molar-refractivity contribution >= 4 is 23.5 Å². The van der Waals surface area contributed by atoms with Gasteiger partial charge in [0.25, 0.3) is 0 Å².